The van der Waals surface area contributed by atoms with Crippen LogP contribution in [0, 0.1) is 0 Å². The van der Waals surface area contributed by atoms with Crippen molar-refractivity contribution in [2.24, 2.45) is 0 Å². The standard InChI is InChI=1S/C7H3Cl2NO2.C7H5NO4.5Cl2OS/c8-6(11)4-2-1-3-5(10-4)7(9)12;9-6(10)4-2-1-3-5(8-4)7(11)12;5*1-4(2)3/h1-3H;1-3H,(H,9,10)(H,11,12);;;;;. The third kappa shape index (κ3) is 55.2. The molecule has 0 aliphatic carbocycles. The van der Waals surface area contributed by atoms with Crippen LogP contribution in [-0.4, -0.2) is 63.6 Å². The zero-order valence-electron chi connectivity index (χ0n) is 19.5. The minimum atomic E-state index is -1.67. The van der Waals surface area contributed by atoms with Crippen LogP contribution in [-0.2, 0) is 46.1 Å². The highest BCUT2D eigenvalue weighted by atomic mass is 36.0. The van der Waals surface area contributed by atoms with Crippen LogP contribution in [0.4, 0.5) is 0 Å². The van der Waals surface area contributed by atoms with Gasteiger partial charge in [-0.05, 0) is 47.5 Å². The molecule has 30 heteroatoms. The number of aromatic carboxylic acids is 2. The Bertz CT molecular complexity index is 1100. The van der Waals surface area contributed by atoms with E-state index >= 15 is 0 Å². The molecule has 0 aliphatic heterocycles. The minimum Gasteiger partial charge on any atom is -0.477 e. The number of hydrogen-bond donors (Lipinski definition) is 2. The molecular weight excluding hydrogens is 958 g/mol. The van der Waals surface area contributed by atoms with E-state index in [9.17, 15) is 19.2 Å². The summed E-state index contributed by atoms with van der Waals surface area (Å²) >= 11 is 10.2. The lowest BCUT2D eigenvalue weighted by Gasteiger charge is -1.94. The van der Waals surface area contributed by atoms with E-state index in [2.05, 4.69) is 117 Å². The average Bonchev–Trinajstić information content (AvgIpc) is 2.83. The normalized spacial score (nSPS) is 9.11. The van der Waals surface area contributed by atoms with Crippen LogP contribution in [0.1, 0.15) is 42.0 Å². The second-order valence-corrected chi connectivity index (χ2v) is 18.2. The summed E-state index contributed by atoms with van der Waals surface area (Å²) in [5, 5.41) is 15.4. The van der Waals surface area contributed by atoms with Gasteiger partial charge in [-0.3, -0.25) is 9.59 Å². The number of aromatic nitrogens is 2. The number of hydrogen-bond acceptors (Lipinski definition) is 11. The van der Waals surface area contributed by atoms with Crippen molar-refractivity contribution in [2.75, 3.05) is 0 Å². The van der Waals surface area contributed by atoms with Crippen molar-refractivity contribution in [3.63, 3.8) is 0 Å². The molecule has 0 aliphatic rings. The van der Waals surface area contributed by atoms with Crippen molar-refractivity contribution >= 4 is 199 Å². The molecule has 2 rings (SSSR count). The zero-order valence-corrected chi connectivity index (χ0v) is 32.7. The second kappa shape index (κ2) is 35.1. The second-order valence-electron chi connectivity index (χ2n) is 4.90. The SMILES string of the molecule is O=C(Cl)c1cccc(C(=O)Cl)n1.O=C(O)c1cccc(C(=O)O)n1.O=S(Cl)Cl.O=S(Cl)Cl.O=S(Cl)Cl.O=S(Cl)Cl.O=S(Cl)Cl. The summed E-state index contributed by atoms with van der Waals surface area (Å²) in [4.78, 5) is 48.8. The molecule has 2 aromatic rings. The Hall–Kier alpha value is 0.810. The van der Waals surface area contributed by atoms with Gasteiger partial charge in [-0.2, -0.15) is 0 Å². The number of halogens is 12. The van der Waals surface area contributed by atoms with E-state index in [0.717, 1.165) is 0 Å². The van der Waals surface area contributed by atoms with Crippen LogP contribution in [0.2, 0.25) is 0 Å². The zero-order chi connectivity index (χ0) is 36.2. The molecule has 13 nitrogen and oxygen atoms in total. The maximum absolute atomic E-state index is 10.6. The highest BCUT2D eigenvalue weighted by molar-refractivity contribution is 8.27. The summed E-state index contributed by atoms with van der Waals surface area (Å²) in [5.41, 5.74) is -0.504. The summed E-state index contributed by atoms with van der Waals surface area (Å²) in [7, 11) is 36.8. The van der Waals surface area contributed by atoms with E-state index in [0.29, 0.717) is 0 Å². The van der Waals surface area contributed by atoms with Crippen molar-refractivity contribution in [2.45, 2.75) is 0 Å². The summed E-state index contributed by atoms with van der Waals surface area (Å²) in [5.74, 6) is -2.48. The Kier molecular flexibility index (Phi) is 43.3. The minimum absolute atomic E-state index is 0.0168. The lowest BCUT2D eigenvalue weighted by molar-refractivity contribution is 0.0684. The van der Waals surface area contributed by atoms with Gasteiger partial charge in [0.1, 0.15) is 22.8 Å². The Morgan fingerprint density at radius 2 is 0.614 bits per heavy atom. The fourth-order valence-corrected chi connectivity index (χ4v) is 1.54. The Balaban J connectivity index is -0.000000146. The van der Waals surface area contributed by atoms with E-state index in [1.54, 1.807) is 0 Å². The van der Waals surface area contributed by atoms with Crippen LogP contribution in [0.25, 0.3) is 0 Å². The topological polar surface area (TPSA) is 220 Å². The molecule has 0 radical (unpaired) electrons. The summed E-state index contributed by atoms with van der Waals surface area (Å²) in [6, 6.07) is 8.08. The first kappa shape index (κ1) is 54.3. The lowest BCUT2D eigenvalue weighted by Crippen LogP contribution is -2.06. The molecule has 0 amide bonds. The predicted molar refractivity (Wildman–Crippen MR) is 182 cm³/mol. The first-order chi connectivity index (χ1) is 19.9. The number of carbonyl (C=O) groups excluding carboxylic acids is 2. The largest absolute Gasteiger partial charge is 0.477 e. The molecule has 0 atom stereocenters. The van der Waals surface area contributed by atoms with Crippen molar-refractivity contribution in [1.29, 1.82) is 0 Å². The molecule has 0 unspecified atom stereocenters. The maximum atomic E-state index is 10.6. The molecule has 0 saturated carbocycles. The van der Waals surface area contributed by atoms with Gasteiger partial charge in [-0.25, -0.2) is 40.6 Å². The number of carboxylic acid groups (broad SMARTS) is 2. The molecular formula is C14H8Cl12N2O11S5. The molecule has 0 bridgehead atoms. The van der Waals surface area contributed by atoms with Crippen molar-refractivity contribution in [3.8, 4) is 0 Å². The van der Waals surface area contributed by atoms with Crippen molar-refractivity contribution in [1.82, 2.24) is 9.97 Å². The van der Waals surface area contributed by atoms with Crippen LogP contribution < -0.4 is 0 Å². The molecule has 0 fully saturated rings. The molecule has 254 valence electrons. The molecule has 44 heavy (non-hydrogen) atoms. The molecule has 0 aromatic carbocycles. The maximum Gasteiger partial charge on any atom is 0.354 e. The van der Waals surface area contributed by atoms with E-state index in [-0.39, 0.29) is 22.8 Å². The number of nitrogens with zero attached hydrogens (tertiary/aromatic N) is 2. The van der Waals surface area contributed by atoms with Gasteiger partial charge in [-0.15, -0.1) is 0 Å². The average molecular weight is 966 g/mol. The number of pyridine rings is 2. The summed E-state index contributed by atoms with van der Waals surface area (Å²) < 4.78 is 45.4. The Morgan fingerprint density at radius 3 is 0.773 bits per heavy atom. The third-order valence-corrected chi connectivity index (χ3v) is 2.73. The van der Waals surface area contributed by atoms with Crippen molar-refractivity contribution in [3.05, 3.63) is 59.2 Å². The monoisotopic (exact) mass is 959 g/mol. The first-order valence-corrected chi connectivity index (χ1v) is 23.2. The fraction of sp³-hybridized carbons (Fsp3) is 0. The van der Waals surface area contributed by atoms with E-state index in [1.165, 1.54) is 36.4 Å². The summed E-state index contributed by atoms with van der Waals surface area (Å²) in [6.45, 7) is 0. The van der Waals surface area contributed by atoms with E-state index in [1.807, 2.05) is 0 Å². The first-order valence-electron chi connectivity index (χ1n) is 8.40. The molecule has 2 aromatic heterocycles. The van der Waals surface area contributed by atoms with Gasteiger partial charge < -0.3 is 10.2 Å². The highest BCUT2D eigenvalue weighted by Gasteiger charge is 2.09. The van der Waals surface area contributed by atoms with Crippen LogP contribution in [0.15, 0.2) is 36.4 Å². The van der Waals surface area contributed by atoms with Crippen LogP contribution >= 0.6 is 130 Å². The smallest absolute Gasteiger partial charge is 0.354 e. The van der Waals surface area contributed by atoms with E-state index < -0.39 is 68.6 Å². The molecule has 2 N–H and O–H groups in total. The van der Waals surface area contributed by atoms with Gasteiger partial charge >= 0.3 is 11.9 Å². The van der Waals surface area contributed by atoms with Gasteiger partial charge in [0.25, 0.3) is 10.5 Å². The van der Waals surface area contributed by atoms with Crippen LogP contribution in [0.5, 0.6) is 0 Å². The van der Waals surface area contributed by atoms with Gasteiger partial charge in [0.05, 0.1) is 0 Å². The Labute approximate surface area is 314 Å². The summed E-state index contributed by atoms with van der Waals surface area (Å²) in [6.07, 6.45) is 0. The van der Waals surface area contributed by atoms with Crippen LogP contribution in [0.3, 0.4) is 0 Å². The lowest BCUT2D eigenvalue weighted by atomic mass is 10.3. The molecule has 2 heterocycles. The predicted octanol–water partition coefficient (Wildman–Crippen LogP) is 7.53. The third-order valence-electron chi connectivity index (χ3n) is 2.34. The highest BCUT2D eigenvalue weighted by Crippen LogP contribution is 2.05. The number of rotatable bonds is 4. The quantitative estimate of drug-likeness (QED) is 0.284. The van der Waals surface area contributed by atoms with Gasteiger partial charge in [0.15, 0.2) is 0 Å². The van der Waals surface area contributed by atoms with Gasteiger partial charge in [0, 0.05) is 107 Å². The number of carboxylic acids is 2. The molecule has 0 saturated heterocycles. The molecule has 0 spiro atoms. The van der Waals surface area contributed by atoms with E-state index in [4.69, 9.17) is 54.5 Å². The Morgan fingerprint density at radius 1 is 0.455 bits per heavy atom. The van der Waals surface area contributed by atoms with Gasteiger partial charge in [-0.1, -0.05) is 12.1 Å². The van der Waals surface area contributed by atoms with Gasteiger partial charge in [0.2, 0.25) is 46.1 Å². The fourth-order valence-electron chi connectivity index (χ4n) is 1.33. The number of carbonyl (C=O) groups is 4. The van der Waals surface area contributed by atoms with Crippen molar-refractivity contribution < 1.29 is 50.4 Å².